The standard InChI is InChI=1S/C13H17N3O4/c1-13(2,3)20-12(17)16-7-10(8-16)19-9-4-5-11(15-18)14-6-9/h4-6,10H,7-8H2,1-3H3/p+1. The van der Waals surface area contributed by atoms with Gasteiger partial charge in [0.25, 0.3) is 0 Å². The Hall–Kier alpha value is -2.18. The average Bonchev–Trinajstić information content (AvgIpc) is 2.31. The van der Waals surface area contributed by atoms with Gasteiger partial charge < -0.3 is 14.4 Å². The molecule has 1 aliphatic rings. The molecule has 0 bridgehead atoms. The Kier molecular flexibility index (Phi) is 3.87. The third-order valence-electron chi connectivity index (χ3n) is 2.67. The van der Waals surface area contributed by atoms with Gasteiger partial charge >= 0.3 is 11.9 Å². The molecule has 2 heterocycles. The van der Waals surface area contributed by atoms with Crippen LogP contribution < -0.4 is 9.72 Å². The van der Waals surface area contributed by atoms with E-state index in [-0.39, 0.29) is 18.0 Å². The fourth-order valence-electron chi connectivity index (χ4n) is 1.71. The van der Waals surface area contributed by atoms with Crippen LogP contribution in [-0.4, -0.2) is 35.8 Å². The monoisotopic (exact) mass is 280 g/mol. The molecule has 0 aromatic carbocycles. The summed E-state index contributed by atoms with van der Waals surface area (Å²) < 4.78 is 10.9. The highest BCUT2D eigenvalue weighted by atomic mass is 16.6. The Morgan fingerprint density at radius 1 is 1.40 bits per heavy atom. The van der Waals surface area contributed by atoms with E-state index in [0.717, 1.165) is 0 Å². The van der Waals surface area contributed by atoms with Crippen molar-refractivity contribution in [1.29, 1.82) is 0 Å². The topological polar surface area (TPSA) is 82.3 Å². The van der Waals surface area contributed by atoms with Gasteiger partial charge in [0.15, 0.2) is 5.75 Å². The third kappa shape index (κ3) is 3.66. The maximum atomic E-state index is 11.7. The van der Waals surface area contributed by atoms with Crippen LogP contribution in [0.2, 0.25) is 0 Å². The zero-order valence-electron chi connectivity index (χ0n) is 11.8. The molecule has 0 radical (unpaired) electrons. The molecular formula is C13H18N3O4+. The lowest BCUT2D eigenvalue weighted by atomic mass is 10.1. The second-order valence-electron chi connectivity index (χ2n) is 5.63. The number of amides is 1. The average molecular weight is 280 g/mol. The Morgan fingerprint density at radius 2 is 2.10 bits per heavy atom. The van der Waals surface area contributed by atoms with E-state index in [0.29, 0.717) is 18.8 Å². The van der Waals surface area contributed by atoms with Crippen LogP contribution in [0.3, 0.4) is 0 Å². The number of aromatic amines is 1. The normalized spacial score (nSPS) is 15.4. The van der Waals surface area contributed by atoms with Gasteiger partial charge in [0.05, 0.1) is 13.1 Å². The number of aromatic nitrogens is 1. The predicted molar refractivity (Wildman–Crippen MR) is 70.7 cm³/mol. The van der Waals surface area contributed by atoms with Gasteiger partial charge in [0.1, 0.15) is 17.9 Å². The van der Waals surface area contributed by atoms with Gasteiger partial charge in [0, 0.05) is 6.07 Å². The van der Waals surface area contributed by atoms with Crippen molar-refractivity contribution in [1.82, 2.24) is 4.90 Å². The van der Waals surface area contributed by atoms with E-state index in [1.54, 1.807) is 17.2 Å². The minimum absolute atomic E-state index is 0.0639. The first kappa shape index (κ1) is 14.2. The summed E-state index contributed by atoms with van der Waals surface area (Å²) in [6.07, 6.45) is 1.17. The van der Waals surface area contributed by atoms with Crippen molar-refractivity contribution in [3.8, 4) is 5.75 Å². The van der Waals surface area contributed by atoms with Crippen molar-refractivity contribution in [3.05, 3.63) is 23.2 Å². The summed E-state index contributed by atoms with van der Waals surface area (Å²) in [4.78, 5) is 26.3. The number of nitrogens with one attached hydrogen (secondary N) is 1. The zero-order chi connectivity index (χ0) is 14.8. The molecule has 1 aliphatic heterocycles. The summed E-state index contributed by atoms with van der Waals surface area (Å²) in [5, 5.41) is 2.76. The maximum Gasteiger partial charge on any atom is 0.410 e. The minimum Gasteiger partial charge on any atom is -0.483 e. The number of rotatable bonds is 3. The summed E-state index contributed by atoms with van der Waals surface area (Å²) in [6, 6.07) is 3.19. The van der Waals surface area contributed by atoms with Crippen LogP contribution in [0, 0.1) is 4.91 Å². The van der Waals surface area contributed by atoms with Gasteiger partial charge in [-0.2, -0.15) is 0 Å². The number of hydrogen-bond donors (Lipinski definition) is 0. The molecule has 0 spiro atoms. The first-order chi connectivity index (χ1) is 9.37. The van der Waals surface area contributed by atoms with Crippen molar-refractivity contribution in [3.63, 3.8) is 0 Å². The van der Waals surface area contributed by atoms with Crippen LogP contribution in [0.15, 0.2) is 23.5 Å². The molecule has 1 N–H and O–H groups in total. The van der Waals surface area contributed by atoms with E-state index in [1.165, 1.54) is 6.07 Å². The number of hydrogen-bond acceptors (Lipinski definition) is 5. The van der Waals surface area contributed by atoms with Crippen LogP contribution in [-0.2, 0) is 4.74 Å². The molecule has 1 fully saturated rings. The molecule has 108 valence electrons. The van der Waals surface area contributed by atoms with Gasteiger partial charge in [-0.05, 0) is 31.7 Å². The zero-order valence-corrected chi connectivity index (χ0v) is 11.8. The number of carbonyl (C=O) groups excluding carboxylic acids is 1. The van der Waals surface area contributed by atoms with E-state index < -0.39 is 5.60 Å². The molecule has 2 rings (SSSR count). The van der Waals surface area contributed by atoms with Crippen molar-refractivity contribution in [2.45, 2.75) is 32.5 Å². The maximum absolute atomic E-state index is 11.7. The lowest BCUT2D eigenvalue weighted by molar-refractivity contribution is -0.364. The number of likely N-dealkylation sites (tertiary alicyclic amines) is 1. The van der Waals surface area contributed by atoms with Crippen LogP contribution in [0.5, 0.6) is 5.75 Å². The van der Waals surface area contributed by atoms with E-state index in [9.17, 15) is 9.70 Å². The molecular weight excluding hydrogens is 262 g/mol. The number of ether oxygens (including phenoxy) is 2. The summed E-state index contributed by atoms with van der Waals surface area (Å²) in [5.41, 5.74) is -0.490. The van der Waals surface area contributed by atoms with Gasteiger partial charge in [-0.3, -0.25) is 0 Å². The van der Waals surface area contributed by atoms with E-state index in [2.05, 4.69) is 10.2 Å². The van der Waals surface area contributed by atoms with E-state index in [1.807, 2.05) is 20.8 Å². The highest BCUT2D eigenvalue weighted by molar-refractivity contribution is 5.69. The molecule has 0 aliphatic carbocycles. The first-order valence-electron chi connectivity index (χ1n) is 6.37. The largest absolute Gasteiger partial charge is 0.483 e. The molecule has 1 aromatic rings. The van der Waals surface area contributed by atoms with Crippen molar-refractivity contribution < 1.29 is 19.3 Å². The Morgan fingerprint density at radius 3 is 2.60 bits per heavy atom. The molecule has 20 heavy (non-hydrogen) atoms. The molecule has 0 atom stereocenters. The number of pyridine rings is 1. The lowest BCUT2D eigenvalue weighted by Gasteiger charge is -2.39. The summed E-state index contributed by atoms with van der Waals surface area (Å²) in [5.74, 6) is 0.840. The summed E-state index contributed by atoms with van der Waals surface area (Å²) >= 11 is 0. The highest BCUT2D eigenvalue weighted by Crippen LogP contribution is 2.20. The lowest BCUT2D eigenvalue weighted by Crippen LogP contribution is -2.57. The highest BCUT2D eigenvalue weighted by Gasteiger charge is 2.35. The number of nitroso groups, excluding NO2 is 1. The fourth-order valence-corrected chi connectivity index (χ4v) is 1.71. The van der Waals surface area contributed by atoms with E-state index >= 15 is 0 Å². The second-order valence-corrected chi connectivity index (χ2v) is 5.63. The van der Waals surface area contributed by atoms with Gasteiger partial charge in [-0.1, -0.05) is 0 Å². The predicted octanol–water partition coefficient (Wildman–Crippen LogP) is 1.90. The second kappa shape index (κ2) is 5.44. The van der Waals surface area contributed by atoms with Crippen LogP contribution in [0.1, 0.15) is 20.8 Å². The molecule has 7 heteroatoms. The molecule has 7 nitrogen and oxygen atoms in total. The van der Waals surface area contributed by atoms with Crippen LogP contribution in [0.25, 0.3) is 0 Å². The van der Waals surface area contributed by atoms with Gasteiger partial charge in [0.2, 0.25) is 5.18 Å². The molecule has 0 unspecified atom stereocenters. The number of H-pyrrole nitrogens is 1. The first-order valence-corrected chi connectivity index (χ1v) is 6.37. The SMILES string of the molecule is CC(C)(C)OC(=O)N1CC(Oc2ccc(N=O)[nH+]c2)C1. The number of carbonyl (C=O) groups is 1. The molecule has 1 aromatic heterocycles. The van der Waals surface area contributed by atoms with E-state index in [4.69, 9.17) is 9.47 Å². The van der Waals surface area contributed by atoms with Crippen molar-refractivity contribution in [2.24, 2.45) is 5.18 Å². The Bertz CT molecular complexity index is 489. The Labute approximate surface area is 116 Å². The summed E-state index contributed by atoms with van der Waals surface area (Å²) in [7, 11) is 0. The molecule has 1 saturated heterocycles. The number of nitrogens with zero attached hydrogens (tertiary/aromatic N) is 2. The van der Waals surface area contributed by atoms with Gasteiger partial charge in [-0.25, -0.2) is 9.78 Å². The quantitative estimate of drug-likeness (QED) is 0.792. The smallest absolute Gasteiger partial charge is 0.410 e. The van der Waals surface area contributed by atoms with Crippen molar-refractivity contribution >= 4 is 11.9 Å². The van der Waals surface area contributed by atoms with Crippen LogP contribution in [0.4, 0.5) is 10.6 Å². The molecule has 1 amide bonds. The Balaban J connectivity index is 1.78. The summed E-state index contributed by atoms with van der Waals surface area (Å²) in [6.45, 7) is 6.47. The van der Waals surface area contributed by atoms with Crippen LogP contribution >= 0.6 is 0 Å². The molecule has 0 saturated carbocycles. The minimum atomic E-state index is -0.490. The van der Waals surface area contributed by atoms with Gasteiger partial charge in [-0.15, -0.1) is 0 Å². The third-order valence-corrected chi connectivity index (χ3v) is 2.67. The fraction of sp³-hybridized carbons (Fsp3) is 0.538. The van der Waals surface area contributed by atoms with Crippen molar-refractivity contribution in [2.75, 3.05) is 13.1 Å².